The predicted octanol–water partition coefficient (Wildman–Crippen LogP) is 7.00. The lowest BCUT2D eigenvalue weighted by Crippen LogP contribution is -2.19. The van der Waals surface area contributed by atoms with Crippen LogP contribution in [-0.4, -0.2) is 17.6 Å². The van der Waals surface area contributed by atoms with Gasteiger partial charge in [0.25, 0.3) is 0 Å². The van der Waals surface area contributed by atoms with Crippen molar-refractivity contribution in [2.24, 2.45) is 5.41 Å². The standard InChI is InChI=1S/C23H41NO2/c1-5-6-7-8-9-10-11-12-13-14-15-17-23(2,3)20-24-18-16-21(19-24)22(25)26-4/h16,18-19H,5-15,17,20H2,1-4H3. The minimum absolute atomic E-state index is 0.256. The first kappa shape index (κ1) is 22.8. The van der Waals surface area contributed by atoms with Gasteiger partial charge in [-0.3, -0.25) is 0 Å². The maximum atomic E-state index is 11.5. The molecule has 0 aliphatic heterocycles. The highest BCUT2D eigenvalue weighted by Crippen LogP contribution is 2.27. The molecule has 0 N–H and O–H groups in total. The molecule has 0 amide bonds. The molecule has 0 aliphatic rings. The zero-order chi connectivity index (χ0) is 19.3. The zero-order valence-electron chi connectivity index (χ0n) is 17.7. The molecule has 0 aliphatic carbocycles. The molecule has 0 saturated heterocycles. The summed E-state index contributed by atoms with van der Waals surface area (Å²) in [6.45, 7) is 7.86. The molecule has 3 nitrogen and oxygen atoms in total. The summed E-state index contributed by atoms with van der Waals surface area (Å²) in [5.74, 6) is -0.257. The number of hydrogen-bond acceptors (Lipinski definition) is 2. The van der Waals surface area contributed by atoms with Gasteiger partial charge in [-0.25, -0.2) is 4.79 Å². The van der Waals surface area contributed by atoms with Gasteiger partial charge < -0.3 is 9.30 Å². The Kier molecular flexibility index (Phi) is 11.4. The summed E-state index contributed by atoms with van der Waals surface area (Å²) in [5.41, 5.74) is 0.893. The summed E-state index contributed by atoms with van der Waals surface area (Å²) in [5, 5.41) is 0. The molecule has 0 aromatic carbocycles. The molecule has 0 fully saturated rings. The molecule has 3 heteroatoms. The monoisotopic (exact) mass is 363 g/mol. The van der Waals surface area contributed by atoms with Crippen molar-refractivity contribution in [2.45, 2.75) is 104 Å². The second-order valence-corrected chi connectivity index (χ2v) is 8.51. The number of ether oxygens (including phenoxy) is 1. The highest BCUT2D eigenvalue weighted by atomic mass is 16.5. The number of esters is 1. The van der Waals surface area contributed by atoms with Crippen molar-refractivity contribution in [1.82, 2.24) is 4.57 Å². The Balaban J connectivity index is 2.08. The lowest BCUT2D eigenvalue weighted by Gasteiger charge is -2.25. The molecule has 1 aromatic heterocycles. The van der Waals surface area contributed by atoms with E-state index in [1.54, 1.807) is 0 Å². The van der Waals surface area contributed by atoms with Crippen LogP contribution >= 0.6 is 0 Å². The van der Waals surface area contributed by atoms with E-state index >= 15 is 0 Å². The smallest absolute Gasteiger partial charge is 0.339 e. The predicted molar refractivity (Wildman–Crippen MR) is 111 cm³/mol. The Morgan fingerprint density at radius 3 is 2.04 bits per heavy atom. The van der Waals surface area contributed by atoms with Crippen molar-refractivity contribution in [2.75, 3.05) is 7.11 Å². The molecule has 26 heavy (non-hydrogen) atoms. The third-order valence-corrected chi connectivity index (χ3v) is 5.24. The topological polar surface area (TPSA) is 31.2 Å². The van der Waals surface area contributed by atoms with Gasteiger partial charge in [-0.05, 0) is 17.9 Å². The van der Waals surface area contributed by atoms with Crippen LogP contribution in [-0.2, 0) is 11.3 Å². The molecule has 1 rings (SSSR count). The van der Waals surface area contributed by atoms with Crippen LogP contribution in [0, 0.1) is 5.41 Å². The number of carbonyl (C=O) groups excluding carboxylic acids is 1. The number of aromatic nitrogens is 1. The van der Waals surface area contributed by atoms with Gasteiger partial charge in [-0.15, -0.1) is 0 Å². The van der Waals surface area contributed by atoms with E-state index in [1.165, 1.54) is 84.2 Å². The molecule has 0 saturated carbocycles. The van der Waals surface area contributed by atoms with Gasteiger partial charge in [0.2, 0.25) is 0 Å². The molecular weight excluding hydrogens is 322 g/mol. The SMILES string of the molecule is CCCCCCCCCCCCCC(C)(C)Cn1ccc(C(=O)OC)c1. The van der Waals surface area contributed by atoms with Gasteiger partial charge in [0.1, 0.15) is 0 Å². The summed E-state index contributed by atoms with van der Waals surface area (Å²) in [6.07, 6.45) is 20.4. The first-order valence-electron chi connectivity index (χ1n) is 10.7. The number of methoxy groups -OCH3 is 1. The third-order valence-electron chi connectivity index (χ3n) is 5.24. The maximum absolute atomic E-state index is 11.5. The Morgan fingerprint density at radius 2 is 1.50 bits per heavy atom. The van der Waals surface area contributed by atoms with Crippen molar-refractivity contribution >= 4 is 5.97 Å². The molecule has 0 atom stereocenters. The van der Waals surface area contributed by atoms with Crippen molar-refractivity contribution in [3.8, 4) is 0 Å². The van der Waals surface area contributed by atoms with Crippen LogP contribution in [0.1, 0.15) is 108 Å². The lowest BCUT2D eigenvalue weighted by atomic mass is 9.86. The number of nitrogens with zero attached hydrogens (tertiary/aromatic N) is 1. The maximum Gasteiger partial charge on any atom is 0.339 e. The van der Waals surface area contributed by atoms with Crippen LogP contribution in [0.2, 0.25) is 0 Å². The minimum atomic E-state index is -0.257. The van der Waals surface area contributed by atoms with Crippen LogP contribution in [0.4, 0.5) is 0 Å². The van der Waals surface area contributed by atoms with E-state index in [0.717, 1.165) is 6.54 Å². The van der Waals surface area contributed by atoms with Gasteiger partial charge in [0, 0.05) is 18.9 Å². The van der Waals surface area contributed by atoms with E-state index in [-0.39, 0.29) is 11.4 Å². The van der Waals surface area contributed by atoms with E-state index in [1.807, 2.05) is 18.5 Å². The summed E-state index contributed by atoms with van der Waals surface area (Å²) in [4.78, 5) is 11.5. The van der Waals surface area contributed by atoms with Crippen molar-refractivity contribution in [1.29, 1.82) is 0 Å². The lowest BCUT2D eigenvalue weighted by molar-refractivity contribution is 0.0600. The van der Waals surface area contributed by atoms with Crippen molar-refractivity contribution < 1.29 is 9.53 Å². The summed E-state index contributed by atoms with van der Waals surface area (Å²) in [6, 6.07) is 1.84. The molecular formula is C23H41NO2. The number of carbonyl (C=O) groups is 1. The van der Waals surface area contributed by atoms with Crippen LogP contribution in [0.5, 0.6) is 0 Å². The van der Waals surface area contributed by atoms with Crippen LogP contribution in [0.3, 0.4) is 0 Å². The van der Waals surface area contributed by atoms with E-state index < -0.39 is 0 Å². The fourth-order valence-corrected chi connectivity index (χ4v) is 3.62. The number of unbranched alkanes of at least 4 members (excludes halogenated alkanes) is 10. The van der Waals surface area contributed by atoms with E-state index in [4.69, 9.17) is 4.74 Å². The van der Waals surface area contributed by atoms with Crippen LogP contribution in [0.15, 0.2) is 18.5 Å². The van der Waals surface area contributed by atoms with Crippen LogP contribution < -0.4 is 0 Å². The quantitative estimate of drug-likeness (QED) is 0.248. The van der Waals surface area contributed by atoms with Crippen LogP contribution in [0.25, 0.3) is 0 Å². The fraction of sp³-hybridized carbons (Fsp3) is 0.783. The molecule has 1 aromatic rings. The Hall–Kier alpha value is -1.25. The van der Waals surface area contributed by atoms with Crippen molar-refractivity contribution in [3.05, 3.63) is 24.0 Å². The van der Waals surface area contributed by atoms with Gasteiger partial charge >= 0.3 is 5.97 Å². The third kappa shape index (κ3) is 10.0. The molecule has 0 bridgehead atoms. The Bertz CT molecular complexity index is 490. The zero-order valence-corrected chi connectivity index (χ0v) is 17.7. The minimum Gasteiger partial charge on any atom is -0.465 e. The Labute approximate surface area is 161 Å². The van der Waals surface area contributed by atoms with Gasteiger partial charge in [0.15, 0.2) is 0 Å². The molecule has 0 spiro atoms. The largest absolute Gasteiger partial charge is 0.465 e. The summed E-state index contributed by atoms with van der Waals surface area (Å²) < 4.78 is 6.89. The first-order valence-corrected chi connectivity index (χ1v) is 10.7. The average Bonchev–Trinajstić information content (AvgIpc) is 3.06. The second-order valence-electron chi connectivity index (χ2n) is 8.51. The second kappa shape index (κ2) is 13.0. The summed E-state index contributed by atoms with van der Waals surface area (Å²) in [7, 11) is 1.43. The van der Waals surface area contributed by atoms with Gasteiger partial charge in [0.05, 0.1) is 12.7 Å². The van der Waals surface area contributed by atoms with E-state index in [2.05, 4.69) is 25.3 Å². The molecule has 1 heterocycles. The fourth-order valence-electron chi connectivity index (χ4n) is 3.62. The summed E-state index contributed by atoms with van der Waals surface area (Å²) >= 11 is 0. The average molecular weight is 364 g/mol. The van der Waals surface area contributed by atoms with Gasteiger partial charge in [-0.1, -0.05) is 91.4 Å². The molecule has 0 unspecified atom stereocenters. The number of rotatable bonds is 15. The van der Waals surface area contributed by atoms with Gasteiger partial charge in [-0.2, -0.15) is 0 Å². The molecule has 150 valence electrons. The highest BCUT2D eigenvalue weighted by molar-refractivity contribution is 5.89. The van der Waals surface area contributed by atoms with E-state index in [0.29, 0.717) is 5.56 Å². The Morgan fingerprint density at radius 1 is 0.962 bits per heavy atom. The van der Waals surface area contributed by atoms with E-state index in [9.17, 15) is 4.79 Å². The number of hydrogen-bond donors (Lipinski definition) is 0. The normalized spacial score (nSPS) is 11.7. The molecule has 0 radical (unpaired) electrons. The van der Waals surface area contributed by atoms with Crippen molar-refractivity contribution in [3.63, 3.8) is 0 Å². The highest BCUT2D eigenvalue weighted by Gasteiger charge is 2.18. The first-order chi connectivity index (χ1) is 12.5.